The van der Waals surface area contributed by atoms with E-state index in [2.05, 4.69) is 71.7 Å². The Kier molecular flexibility index (Phi) is 9.48. The van der Waals surface area contributed by atoms with Gasteiger partial charge in [0.25, 0.3) is 0 Å². The highest BCUT2D eigenvalue weighted by Crippen LogP contribution is 2.34. The molecule has 3 rings (SSSR count). The van der Waals surface area contributed by atoms with Crippen LogP contribution in [-0.4, -0.2) is 29.8 Å². The summed E-state index contributed by atoms with van der Waals surface area (Å²) in [5, 5.41) is 3.40. The summed E-state index contributed by atoms with van der Waals surface area (Å²) in [4.78, 5) is 15.1. The van der Waals surface area contributed by atoms with Crippen LogP contribution in [-0.2, 0) is 16.9 Å². The fourth-order valence-corrected chi connectivity index (χ4v) is 4.19. The number of nitrogens with zero attached hydrogens (tertiary/aromatic N) is 1. The number of halogens is 2. The van der Waals surface area contributed by atoms with Crippen molar-refractivity contribution in [1.29, 1.82) is 0 Å². The fraction of sp³-hybridized carbons (Fsp3) is 0.458. The van der Waals surface area contributed by atoms with Gasteiger partial charge in [0, 0.05) is 31.9 Å². The zero-order valence-electron chi connectivity index (χ0n) is 17.2. The first kappa shape index (κ1) is 23.7. The first-order chi connectivity index (χ1) is 13.6. The summed E-state index contributed by atoms with van der Waals surface area (Å²) in [6, 6.07) is 19.3. The van der Waals surface area contributed by atoms with E-state index in [4.69, 9.17) is 11.6 Å². The minimum atomic E-state index is -0.265. The van der Waals surface area contributed by atoms with E-state index in [1.54, 1.807) is 0 Å². The molecule has 0 bridgehead atoms. The zero-order chi connectivity index (χ0) is 19.8. The molecule has 1 fully saturated rings. The lowest BCUT2D eigenvalue weighted by Crippen LogP contribution is -2.52. The molecule has 29 heavy (non-hydrogen) atoms. The summed E-state index contributed by atoms with van der Waals surface area (Å²) in [6.45, 7) is 5.02. The standard InChI is InChI=1S/C24H31ClN2O.ClH/c1-20-10-12-22(13-11-20)24(26-23(28)9-5-6-16-25)14-17-27(18-15-24)19-21-7-3-2-4-8-21;/h2-4,7-8,10-13H,5-6,9,14-19H2,1H3,(H,26,28);1H. The van der Waals surface area contributed by atoms with Crippen molar-refractivity contribution in [2.24, 2.45) is 0 Å². The summed E-state index contributed by atoms with van der Waals surface area (Å²) >= 11 is 5.76. The van der Waals surface area contributed by atoms with Crippen LogP contribution in [0.2, 0.25) is 0 Å². The number of nitrogens with one attached hydrogen (secondary N) is 1. The molecule has 0 saturated carbocycles. The topological polar surface area (TPSA) is 32.3 Å². The highest BCUT2D eigenvalue weighted by atomic mass is 35.5. The molecule has 1 aliphatic heterocycles. The lowest BCUT2D eigenvalue weighted by molar-refractivity contribution is -0.124. The lowest BCUT2D eigenvalue weighted by atomic mass is 9.80. The maximum absolute atomic E-state index is 12.6. The van der Waals surface area contributed by atoms with Gasteiger partial charge in [0.1, 0.15) is 0 Å². The Hall–Kier alpha value is -1.55. The Balaban J connectivity index is 0.00000300. The molecule has 1 amide bonds. The van der Waals surface area contributed by atoms with Crippen molar-refractivity contribution in [2.45, 2.75) is 51.1 Å². The summed E-state index contributed by atoms with van der Waals surface area (Å²) in [6.07, 6.45) is 4.15. The van der Waals surface area contributed by atoms with E-state index in [0.29, 0.717) is 12.3 Å². The maximum Gasteiger partial charge on any atom is 0.220 e. The van der Waals surface area contributed by atoms with Crippen LogP contribution in [0.3, 0.4) is 0 Å². The summed E-state index contributed by atoms with van der Waals surface area (Å²) in [5.74, 6) is 0.757. The van der Waals surface area contributed by atoms with Crippen LogP contribution in [0.1, 0.15) is 48.8 Å². The molecule has 1 aliphatic rings. The van der Waals surface area contributed by atoms with Gasteiger partial charge in [0.05, 0.1) is 5.54 Å². The quantitative estimate of drug-likeness (QED) is 0.443. The van der Waals surface area contributed by atoms with E-state index in [1.807, 2.05) is 0 Å². The number of piperidine rings is 1. The van der Waals surface area contributed by atoms with Crippen LogP contribution in [0.25, 0.3) is 0 Å². The van der Waals surface area contributed by atoms with Crippen molar-refractivity contribution in [2.75, 3.05) is 19.0 Å². The number of hydrogen-bond acceptors (Lipinski definition) is 2. The van der Waals surface area contributed by atoms with Gasteiger partial charge in [-0.05, 0) is 43.7 Å². The molecule has 2 aromatic rings. The number of alkyl halides is 1. The number of aryl methyl sites for hydroxylation is 1. The van der Waals surface area contributed by atoms with Gasteiger partial charge in [-0.1, -0.05) is 60.2 Å². The molecule has 5 heteroatoms. The molecule has 3 nitrogen and oxygen atoms in total. The Morgan fingerprint density at radius 2 is 1.69 bits per heavy atom. The van der Waals surface area contributed by atoms with Crippen molar-refractivity contribution >= 4 is 29.9 Å². The van der Waals surface area contributed by atoms with Crippen LogP contribution in [0.4, 0.5) is 0 Å². The smallest absolute Gasteiger partial charge is 0.220 e. The minimum absolute atomic E-state index is 0. The second kappa shape index (κ2) is 11.6. The van der Waals surface area contributed by atoms with Gasteiger partial charge >= 0.3 is 0 Å². The predicted molar refractivity (Wildman–Crippen MR) is 124 cm³/mol. The number of unbranched alkanes of at least 4 members (excludes halogenated alkanes) is 1. The monoisotopic (exact) mass is 434 g/mol. The molecule has 1 saturated heterocycles. The van der Waals surface area contributed by atoms with Gasteiger partial charge in [0.2, 0.25) is 5.91 Å². The average molecular weight is 435 g/mol. The molecule has 0 spiro atoms. The molecule has 158 valence electrons. The van der Waals surface area contributed by atoms with Crippen molar-refractivity contribution < 1.29 is 4.79 Å². The maximum atomic E-state index is 12.6. The van der Waals surface area contributed by atoms with Gasteiger partial charge in [-0.2, -0.15) is 0 Å². The first-order valence-corrected chi connectivity index (χ1v) is 10.9. The largest absolute Gasteiger partial charge is 0.346 e. The van der Waals surface area contributed by atoms with Crippen molar-refractivity contribution in [1.82, 2.24) is 10.2 Å². The summed E-state index contributed by atoms with van der Waals surface area (Å²) < 4.78 is 0. The second-order valence-corrected chi connectivity index (χ2v) is 8.28. The highest BCUT2D eigenvalue weighted by molar-refractivity contribution is 6.17. The molecule has 1 heterocycles. The number of hydrogen-bond donors (Lipinski definition) is 1. The number of rotatable bonds is 8. The molecular weight excluding hydrogens is 403 g/mol. The number of benzene rings is 2. The second-order valence-electron chi connectivity index (χ2n) is 7.90. The number of carbonyl (C=O) groups excluding carboxylic acids is 1. The van der Waals surface area contributed by atoms with E-state index in [1.165, 1.54) is 16.7 Å². The Morgan fingerprint density at radius 3 is 2.31 bits per heavy atom. The molecule has 0 atom stereocenters. The van der Waals surface area contributed by atoms with Gasteiger partial charge in [-0.15, -0.1) is 24.0 Å². The molecule has 2 aromatic carbocycles. The van der Waals surface area contributed by atoms with E-state index in [-0.39, 0.29) is 23.9 Å². The van der Waals surface area contributed by atoms with Crippen LogP contribution in [0.15, 0.2) is 54.6 Å². The first-order valence-electron chi connectivity index (χ1n) is 10.3. The normalized spacial score (nSPS) is 16.1. The summed E-state index contributed by atoms with van der Waals surface area (Å²) in [5.41, 5.74) is 3.55. The lowest BCUT2D eigenvalue weighted by Gasteiger charge is -2.43. The van der Waals surface area contributed by atoms with E-state index >= 15 is 0 Å². The number of amides is 1. The molecule has 0 aromatic heterocycles. The van der Waals surface area contributed by atoms with Gasteiger partial charge in [-0.25, -0.2) is 0 Å². The minimum Gasteiger partial charge on any atom is -0.346 e. The molecule has 0 radical (unpaired) electrons. The van der Waals surface area contributed by atoms with E-state index in [0.717, 1.165) is 45.3 Å². The predicted octanol–water partition coefficient (Wildman–Crippen LogP) is 5.43. The summed E-state index contributed by atoms with van der Waals surface area (Å²) in [7, 11) is 0. The Bertz CT molecular complexity index is 741. The third-order valence-corrected chi connectivity index (χ3v) is 6.00. The molecule has 0 unspecified atom stereocenters. The van der Waals surface area contributed by atoms with Crippen molar-refractivity contribution in [3.05, 3.63) is 71.3 Å². The number of likely N-dealkylation sites (tertiary alicyclic amines) is 1. The van der Waals surface area contributed by atoms with Crippen LogP contribution in [0.5, 0.6) is 0 Å². The van der Waals surface area contributed by atoms with Gasteiger partial charge in [-0.3, -0.25) is 9.69 Å². The Morgan fingerprint density at radius 1 is 1.03 bits per heavy atom. The van der Waals surface area contributed by atoms with Crippen LogP contribution >= 0.6 is 24.0 Å². The van der Waals surface area contributed by atoms with Gasteiger partial charge < -0.3 is 5.32 Å². The highest BCUT2D eigenvalue weighted by Gasteiger charge is 2.37. The van der Waals surface area contributed by atoms with Gasteiger partial charge in [0.15, 0.2) is 0 Å². The molecular formula is C24H32Cl2N2O. The molecule has 1 N–H and O–H groups in total. The van der Waals surface area contributed by atoms with Crippen LogP contribution < -0.4 is 5.32 Å². The Labute approximate surface area is 186 Å². The van der Waals surface area contributed by atoms with Crippen molar-refractivity contribution in [3.63, 3.8) is 0 Å². The van der Waals surface area contributed by atoms with Crippen LogP contribution in [0, 0.1) is 6.92 Å². The average Bonchev–Trinajstić information content (AvgIpc) is 2.71. The van der Waals surface area contributed by atoms with E-state index < -0.39 is 0 Å². The zero-order valence-corrected chi connectivity index (χ0v) is 18.8. The van der Waals surface area contributed by atoms with E-state index in [9.17, 15) is 4.79 Å². The third kappa shape index (κ3) is 6.74. The van der Waals surface area contributed by atoms with Crippen molar-refractivity contribution in [3.8, 4) is 0 Å². The fourth-order valence-electron chi connectivity index (χ4n) is 4.00. The SMILES string of the molecule is Cc1ccc(C2(NC(=O)CCCCCl)CCN(Cc3ccccc3)CC2)cc1.Cl. The number of carbonyl (C=O) groups is 1. The molecule has 0 aliphatic carbocycles. The third-order valence-electron chi connectivity index (χ3n) is 5.73.